The van der Waals surface area contributed by atoms with Crippen LogP contribution in [-0.2, 0) is 14.8 Å². The highest BCUT2D eigenvalue weighted by Crippen LogP contribution is 2.27. The number of nitrogens with zero attached hydrogens (tertiary/aromatic N) is 4. The highest BCUT2D eigenvalue weighted by molar-refractivity contribution is 7.89. The quantitative estimate of drug-likeness (QED) is 0.287. The van der Waals surface area contributed by atoms with Crippen LogP contribution in [0.4, 0.5) is 16.2 Å². The van der Waals surface area contributed by atoms with E-state index in [9.17, 15) is 18.0 Å². The molecule has 0 saturated carbocycles. The Morgan fingerprint density at radius 2 is 1.32 bits per heavy atom. The molecule has 4 aromatic rings. The zero-order valence-electron chi connectivity index (χ0n) is 26.4. The third kappa shape index (κ3) is 7.26. The smallest absolute Gasteiger partial charge is 0.321 e. The van der Waals surface area contributed by atoms with Gasteiger partial charge in [-0.15, -0.1) is 0 Å². The first-order valence-electron chi connectivity index (χ1n) is 15.9. The third-order valence-electron chi connectivity index (χ3n) is 8.60. The summed E-state index contributed by atoms with van der Waals surface area (Å²) in [6.07, 6.45) is 0. The highest BCUT2D eigenvalue weighted by Gasteiger charge is 2.43. The summed E-state index contributed by atoms with van der Waals surface area (Å²) in [4.78, 5) is 33.1. The number of benzene rings is 4. The van der Waals surface area contributed by atoms with Crippen molar-refractivity contribution < 1.29 is 22.7 Å². The number of carbonyl (C=O) groups is 2. The minimum atomic E-state index is -4.06. The van der Waals surface area contributed by atoms with E-state index in [1.165, 1.54) is 9.21 Å². The molecule has 1 unspecified atom stereocenters. The molecule has 2 heterocycles. The number of nitrogens with one attached hydrogen (secondary N) is 1. The largest absolute Gasteiger partial charge is 0.494 e. The van der Waals surface area contributed by atoms with Gasteiger partial charge in [0.05, 0.1) is 11.5 Å². The average Bonchev–Trinajstić information content (AvgIpc) is 3.13. The minimum absolute atomic E-state index is 0.0140. The standard InChI is InChI=1S/C36H39N5O5S/c1-2-46-32-17-15-30(16-18-32)37-36(43)40-25-26-41(47(44,45)33-19-13-29(14-20-33)28-9-5-3-6-10-28)34(27-40)35(42)39-23-21-38(22-24-39)31-11-7-4-8-12-31/h3-20,34H,2,21-27H2,1H3,(H,37,43). The molecule has 0 bridgehead atoms. The van der Waals surface area contributed by atoms with E-state index in [0.29, 0.717) is 44.2 Å². The summed E-state index contributed by atoms with van der Waals surface area (Å²) < 4.78 is 35.0. The van der Waals surface area contributed by atoms with Gasteiger partial charge >= 0.3 is 6.03 Å². The first-order chi connectivity index (χ1) is 22.8. The van der Waals surface area contributed by atoms with Crippen molar-refractivity contribution in [2.45, 2.75) is 17.9 Å². The van der Waals surface area contributed by atoms with Crippen LogP contribution in [0.1, 0.15) is 6.92 Å². The summed E-state index contributed by atoms with van der Waals surface area (Å²) in [6.45, 7) is 4.63. The molecule has 1 N–H and O–H groups in total. The maximum Gasteiger partial charge on any atom is 0.321 e. The monoisotopic (exact) mass is 653 g/mol. The molecular formula is C36H39N5O5S. The summed E-state index contributed by atoms with van der Waals surface area (Å²) in [5, 5.41) is 2.88. The van der Waals surface area contributed by atoms with Crippen molar-refractivity contribution in [3.05, 3.63) is 109 Å². The number of para-hydroxylation sites is 1. The Labute approximate surface area is 276 Å². The maximum absolute atomic E-state index is 14.2. The van der Waals surface area contributed by atoms with E-state index in [-0.39, 0.29) is 30.4 Å². The molecule has 2 saturated heterocycles. The van der Waals surface area contributed by atoms with Crippen molar-refractivity contribution in [2.24, 2.45) is 0 Å². The second kappa shape index (κ2) is 14.3. The first-order valence-corrected chi connectivity index (χ1v) is 17.3. The molecule has 10 nitrogen and oxygen atoms in total. The highest BCUT2D eigenvalue weighted by atomic mass is 32.2. The second-order valence-electron chi connectivity index (χ2n) is 11.5. The number of hydrogen-bond acceptors (Lipinski definition) is 6. The maximum atomic E-state index is 14.2. The zero-order chi connectivity index (χ0) is 32.8. The molecule has 0 aliphatic carbocycles. The summed E-state index contributed by atoms with van der Waals surface area (Å²) in [5.41, 5.74) is 3.53. The van der Waals surface area contributed by atoms with Gasteiger partial charge in [-0.2, -0.15) is 4.31 Å². The number of ether oxygens (including phenoxy) is 1. The number of sulfonamides is 1. The Hall–Kier alpha value is -4.87. The van der Waals surface area contributed by atoms with E-state index in [2.05, 4.69) is 10.2 Å². The predicted octanol–water partition coefficient (Wildman–Crippen LogP) is 5.01. The van der Waals surface area contributed by atoms with Gasteiger partial charge in [-0.25, -0.2) is 13.2 Å². The Kier molecular flexibility index (Phi) is 9.74. The lowest BCUT2D eigenvalue weighted by molar-refractivity contribution is -0.137. The number of piperazine rings is 2. The van der Waals surface area contributed by atoms with Crippen LogP contribution in [0.2, 0.25) is 0 Å². The average molecular weight is 654 g/mol. The number of rotatable bonds is 8. The molecule has 2 fully saturated rings. The van der Waals surface area contributed by atoms with Crippen molar-refractivity contribution >= 4 is 33.3 Å². The third-order valence-corrected chi connectivity index (χ3v) is 10.5. The van der Waals surface area contributed by atoms with Gasteiger partial charge in [-0.1, -0.05) is 60.7 Å². The number of hydrogen-bond donors (Lipinski definition) is 1. The molecule has 244 valence electrons. The van der Waals surface area contributed by atoms with Crippen LogP contribution in [-0.4, -0.2) is 92.9 Å². The topological polar surface area (TPSA) is 102 Å². The molecule has 0 aromatic heterocycles. The van der Waals surface area contributed by atoms with E-state index >= 15 is 0 Å². The predicted molar refractivity (Wildman–Crippen MR) is 183 cm³/mol. The van der Waals surface area contributed by atoms with Gasteiger partial charge in [0.1, 0.15) is 11.8 Å². The lowest BCUT2D eigenvalue weighted by atomic mass is 10.1. The van der Waals surface area contributed by atoms with Crippen LogP contribution < -0.4 is 15.0 Å². The van der Waals surface area contributed by atoms with Crippen LogP contribution in [0.5, 0.6) is 5.75 Å². The Morgan fingerprint density at radius 3 is 1.96 bits per heavy atom. The van der Waals surface area contributed by atoms with Crippen LogP contribution in [0.25, 0.3) is 11.1 Å². The second-order valence-corrected chi connectivity index (χ2v) is 13.4. The number of amides is 3. The fourth-order valence-corrected chi connectivity index (χ4v) is 7.63. The van der Waals surface area contributed by atoms with Crippen LogP contribution in [0.3, 0.4) is 0 Å². The molecule has 2 aliphatic rings. The van der Waals surface area contributed by atoms with Crippen molar-refractivity contribution in [3.63, 3.8) is 0 Å². The molecule has 0 radical (unpaired) electrons. The van der Waals surface area contributed by atoms with Crippen LogP contribution in [0, 0.1) is 0 Å². The fraction of sp³-hybridized carbons (Fsp3) is 0.278. The van der Waals surface area contributed by atoms with Gasteiger partial charge in [-0.3, -0.25) is 4.79 Å². The van der Waals surface area contributed by atoms with Crippen molar-refractivity contribution in [2.75, 3.05) is 62.6 Å². The van der Waals surface area contributed by atoms with Gasteiger partial charge in [0.25, 0.3) is 0 Å². The molecule has 6 rings (SSSR count). The molecular weight excluding hydrogens is 614 g/mol. The Bertz CT molecular complexity index is 1760. The van der Waals surface area contributed by atoms with E-state index in [1.807, 2.05) is 67.6 Å². The normalized spacial score (nSPS) is 17.3. The lowest BCUT2D eigenvalue weighted by Crippen LogP contribution is -2.63. The molecule has 11 heteroatoms. The Morgan fingerprint density at radius 1 is 0.723 bits per heavy atom. The number of anilines is 2. The number of urea groups is 1. The summed E-state index contributed by atoms with van der Waals surface area (Å²) in [7, 11) is -4.06. The summed E-state index contributed by atoms with van der Waals surface area (Å²) in [5.74, 6) is 0.389. The minimum Gasteiger partial charge on any atom is -0.494 e. The first kappa shape index (κ1) is 32.1. The molecule has 0 spiro atoms. The van der Waals surface area contributed by atoms with E-state index in [1.54, 1.807) is 53.4 Å². The lowest BCUT2D eigenvalue weighted by Gasteiger charge is -2.43. The Balaban J connectivity index is 1.22. The fourth-order valence-electron chi connectivity index (χ4n) is 6.06. The van der Waals surface area contributed by atoms with Gasteiger partial charge in [0.2, 0.25) is 15.9 Å². The van der Waals surface area contributed by atoms with Gasteiger partial charge < -0.3 is 24.8 Å². The molecule has 1 atom stereocenters. The number of carbonyl (C=O) groups excluding carboxylic acids is 2. The van der Waals surface area contributed by atoms with E-state index < -0.39 is 22.1 Å². The van der Waals surface area contributed by atoms with Gasteiger partial charge in [-0.05, 0) is 66.6 Å². The molecule has 3 amide bonds. The van der Waals surface area contributed by atoms with E-state index in [4.69, 9.17) is 4.74 Å². The van der Waals surface area contributed by atoms with Crippen molar-refractivity contribution in [1.29, 1.82) is 0 Å². The zero-order valence-corrected chi connectivity index (χ0v) is 27.2. The van der Waals surface area contributed by atoms with Gasteiger partial charge in [0.15, 0.2) is 0 Å². The van der Waals surface area contributed by atoms with Crippen LogP contribution >= 0.6 is 0 Å². The summed E-state index contributed by atoms with van der Waals surface area (Å²) >= 11 is 0. The SMILES string of the molecule is CCOc1ccc(NC(=O)N2CCN(S(=O)(=O)c3ccc(-c4ccccc4)cc3)C(C(=O)N3CCN(c4ccccc4)CC3)C2)cc1. The van der Waals surface area contributed by atoms with Crippen molar-refractivity contribution in [1.82, 2.24) is 14.1 Å². The van der Waals surface area contributed by atoms with Crippen LogP contribution in [0.15, 0.2) is 114 Å². The van der Waals surface area contributed by atoms with Gasteiger partial charge in [0, 0.05) is 57.2 Å². The summed E-state index contributed by atoms with van der Waals surface area (Å²) in [6, 6.07) is 32.0. The van der Waals surface area contributed by atoms with Crippen molar-refractivity contribution in [3.8, 4) is 16.9 Å². The van der Waals surface area contributed by atoms with E-state index in [0.717, 1.165) is 16.8 Å². The molecule has 2 aliphatic heterocycles. The molecule has 4 aromatic carbocycles. The molecule has 47 heavy (non-hydrogen) atoms.